The van der Waals surface area contributed by atoms with Gasteiger partial charge in [0.05, 0.1) is 13.5 Å². The molecule has 1 atom stereocenters. The van der Waals surface area contributed by atoms with Crippen LogP contribution in [0.25, 0.3) is 0 Å². The fourth-order valence-electron chi connectivity index (χ4n) is 0.676. The monoisotopic (exact) mass is 216 g/mol. The first-order valence-electron chi connectivity index (χ1n) is 3.24. The topological polar surface area (TPSA) is 83.8 Å². The minimum absolute atomic E-state index is 0.612. The van der Waals surface area contributed by atoms with Crippen LogP contribution in [0.15, 0.2) is 0 Å². The van der Waals surface area contributed by atoms with Gasteiger partial charge in [-0.2, -0.15) is 13.2 Å². The molecule has 0 spiro atoms. The van der Waals surface area contributed by atoms with Crippen LogP contribution >= 0.6 is 0 Å². The van der Waals surface area contributed by atoms with E-state index in [0.717, 1.165) is 0 Å². The average molecular weight is 216 g/mol. The standard InChI is InChI=1S/C6H7F3O5/c1-14-4(12)5(13,2-3(10)11)6(7,8)9/h13H,2H2,1H3,(H,10,11)/t5-/m0/s1. The number of halogens is 3. The van der Waals surface area contributed by atoms with Crippen molar-refractivity contribution in [3.63, 3.8) is 0 Å². The zero-order chi connectivity index (χ0) is 11.6. The Balaban J connectivity index is 5.05. The molecule has 0 bridgehead atoms. The lowest BCUT2D eigenvalue weighted by molar-refractivity contribution is -0.263. The van der Waals surface area contributed by atoms with Gasteiger partial charge < -0.3 is 14.9 Å². The Morgan fingerprint density at radius 3 is 2.00 bits per heavy atom. The maximum Gasteiger partial charge on any atom is 0.428 e. The van der Waals surface area contributed by atoms with Crippen molar-refractivity contribution < 1.29 is 37.7 Å². The fourth-order valence-corrected chi connectivity index (χ4v) is 0.676. The molecule has 5 nitrogen and oxygen atoms in total. The second-order valence-corrected chi connectivity index (χ2v) is 2.42. The van der Waals surface area contributed by atoms with Crippen LogP contribution in [0, 0.1) is 0 Å². The Morgan fingerprint density at radius 2 is 1.79 bits per heavy atom. The summed E-state index contributed by atoms with van der Waals surface area (Å²) in [6.07, 6.45) is -7.18. The van der Waals surface area contributed by atoms with E-state index in [-0.39, 0.29) is 0 Å². The van der Waals surface area contributed by atoms with Crippen LogP contribution < -0.4 is 0 Å². The third-order valence-corrected chi connectivity index (χ3v) is 1.40. The molecule has 82 valence electrons. The summed E-state index contributed by atoms with van der Waals surface area (Å²) in [5, 5.41) is 16.9. The van der Waals surface area contributed by atoms with Gasteiger partial charge in [-0.05, 0) is 0 Å². The van der Waals surface area contributed by atoms with Gasteiger partial charge in [-0.1, -0.05) is 0 Å². The predicted molar refractivity (Wildman–Crippen MR) is 35.3 cm³/mol. The highest BCUT2D eigenvalue weighted by Gasteiger charge is 2.61. The van der Waals surface area contributed by atoms with Crippen molar-refractivity contribution in [1.82, 2.24) is 0 Å². The number of hydrogen-bond acceptors (Lipinski definition) is 4. The van der Waals surface area contributed by atoms with Crippen molar-refractivity contribution in [2.45, 2.75) is 18.2 Å². The molecule has 0 fully saturated rings. The number of rotatable bonds is 3. The lowest BCUT2D eigenvalue weighted by Gasteiger charge is -2.25. The Bertz CT molecular complexity index is 248. The summed E-state index contributed by atoms with van der Waals surface area (Å²) in [6, 6.07) is 0. The number of carboxylic acid groups (broad SMARTS) is 1. The molecule has 0 aliphatic rings. The molecule has 14 heavy (non-hydrogen) atoms. The van der Waals surface area contributed by atoms with E-state index in [9.17, 15) is 22.8 Å². The maximum atomic E-state index is 12.1. The number of carbonyl (C=O) groups excluding carboxylic acids is 1. The smallest absolute Gasteiger partial charge is 0.428 e. The third-order valence-electron chi connectivity index (χ3n) is 1.40. The van der Waals surface area contributed by atoms with Gasteiger partial charge in [-0.3, -0.25) is 4.79 Å². The highest BCUT2D eigenvalue weighted by Crippen LogP contribution is 2.34. The molecule has 0 radical (unpaired) electrons. The van der Waals surface area contributed by atoms with Crippen molar-refractivity contribution in [3.05, 3.63) is 0 Å². The fraction of sp³-hybridized carbons (Fsp3) is 0.667. The molecule has 0 aliphatic carbocycles. The second-order valence-electron chi connectivity index (χ2n) is 2.42. The van der Waals surface area contributed by atoms with E-state index in [1.807, 2.05) is 0 Å². The molecule has 0 heterocycles. The summed E-state index contributed by atoms with van der Waals surface area (Å²) in [7, 11) is 0.612. The van der Waals surface area contributed by atoms with E-state index >= 15 is 0 Å². The van der Waals surface area contributed by atoms with Gasteiger partial charge in [0.2, 0.25) is 0 Å². The number of aliphatic carboxylic acids is 1. The van der Waals surface area contributed by atoms with E-state index in [4.69, 9.17) is 10.2 Å². The predicted octanol–water partition coefficient (Wildman–Crippen LogP) is -0.0725. The van der Waals surface area contributed by atoms with Crippen molar-refractivity contribution in [3.8, 4) is 0 Å². The summed E-state index contributed by atoms with van der Waals surface area (Å²) in [5.74, 6) is -4.01. The zero-order valence-corrected chi connectivity index (χ0v) is 6.96. The minimum Gasteiger partial charge on any atom is -0.481 e. The molecule has 0 unspecified atom stereocenters. The van der Waals surface area contributed by atoms with Gasteiger partial charge in [0, 0.05) is 0 Å². The number of carbonyl (C=O) groups is 2. The molecule has 0 saturated carbocycles. The summed E-state index contributed by atoms with van der Waals surface area (Å²) < 4.78 is 39.9. The Kier molecular flexibility index (Phi) is 3.47. The first-order chi connectivity index (χ1) is 6.15. The average Bonchev–Trinajstić information content (AvgIpc) is 1.99. The Labute approximate surface area is 76.1 Å². The Morgan fingerprint density at radius 1 is 1.36 bits per heavy atom. The second kappa shape index (κ2) is 3.82. The minimum atomic E-state index is -5.39. The first-order valence-corrected chi connectivity index (χ1v) is 3.24. The molecule has 0 amide bonds. The van der Waals surface area contributed by atoms with E-state index < -0.39 is 30.1 Å². The molecule has 0 saturated heterocycles. The molecule has 0 aromatic rings. The van der Waals surface area contributed by atoms with Crippen molar-refractivity contribution in [1.29, 1.82) is 0 Å². The van der Waals surface area contributed by atoms with E-state index in [1.54, 1.807) is 0 Å². The van der Waals surface area contributed by atoms with Crippen LogP contribution in [-0.4, -0.2) is 41.0 Å². The lowest BCUT2D eigenvalue weighted by atomic mass is 9.99. The molecule has 2 N–H and O–H groups in total. The third kappa shape index (κ3) is 2.34. The lowest BCUT2D eigenvalue weighted by Crippen LogP contribution is -2.54. The van der Waals surface area contributed by atoms with Crippen LogP contribution in [0.4, 0.5) is 13.2 Å². The molecular formula is C6H7F3O5. The zero-order valence-electron chi connectivity index (χ0n) is 6.96. The summed E-state index contributed by atoms with van der Waals surface area (Å²) in [5.41, 5.74) is -3.99. The summed E-state index contributed by atoms with van der Waals surface area (Å²) in [4.78, 5) is 20.6. The van der Waals surface area contributed by atoms with Gasteiger partial charge in [0.15, 0.2) is 0 Å². The number of hydrogen-bond donors (Lipinski definition) is 2. The highest BCUT2D eigenvalue weighted by molar-refractivity contribution is 5.85. The van der Waals surface area contributed by atoms with E-state index in [1.165, 1.54) is 0 Å². The Hall–Kier alpha value is -1.31. The summed E-state index contributed by atoms with van der Waals surface area (Å²) in [6.45, 7) is 0. The van der Waals surface area contributed by atoms with E-state index in [2.05, 4.69) is 4.74 Å². The van der Waals surface area contributed by atoms with Crippen LogP contribution in [0.2, 0.25) is 0 Å². The number of alkyl halides is 3. The van der Waals surface area contributed by atoms with Gasteiger partial charge in [-0.25, -0.2) is 4.79 Å². The molecule has 0 rings (SSSR count). The maximum absolute atomic E-state index is 12.1. The molecule has 8 heteroatoms. The van der Waals surface area contributed by atoms with Gasteiger partial charge >= 0.3 is 18.1 Å². The van der Waals surface area contributed by atoms with E-state index in [0.29, 0.717) is 7.11 Å². The number of aliphatic hydroxyl groups is 1. The van der Waals surface area contributed by atoms with Crippen molar-refractivity contribution in [2.24, 2.45) is 0 Å². The van der Waals surface area contributed by atoms with Gasteiger partial charge in [0.25, 0.3) is 5.60 Å². The molecule has 0 aromatic carbocycles. The quantitative estimate of drug-likeness (QED) is 0.645. The molecule has 0 aromatic heterocycles. The van der Waals surface area contributed by atoms with Gasteiger partial charge in [0.1, 0.15) is 0 Å². The van der Waals surface area contributed by atoms with Crippen LogP contribution in [0.1, 0.15) is 6.42 Å². The first kappa shape index (κ1) is 12.7. The summed E-state index contributed by atoms with van der Waals surface area (Å²) >= 11 is 0. The largest absolute Gasteiger partial charge is 0.481 e. The number of ether oxygens (including phenoxy) is 1. The molecular weight excluding hydrogens is 209 g/mol. The normalized spacial score (nSPS) is 15.8. The van der Waals surface area contributed by atoms with Gasteiger partial charge in [-0.15, -0.1) is 0 Å². The number of esters is 1. The highest BCUT2D eigenvalue weighted by atomic mass is 19.4. The van der Waals surface area contributed by atoms with Crippen LogP contribution in [0.5, 0.6) is 0 Å². The molecule has 0 aliphatic heterocycles. The van der Waals surface area contributed by atoms with Crippen molar-refractivity contribution >= 4 is 11.9 Å². The van der Waals surface area contributed by atoms with Crippen molar-refractivity contribution in [2.75, 3.05) is 7.11 Å². The number of carboxylic acids is 1. The van der Waals surface area contributed by atoms with Crippen LogP contribution in [-0.2, 0) is 14.3 Å². The number of methoxy groups -OCH3 is 1. The SMILES string of the molecule is COC(=O)[C@@](O)(CC(=O)O)C(F)(F)F. The van der Waals surface area contributed by atoms with Crippen LogP contribution in [0.3, 0.4) is 0 Å².